The summed E-state index contributed by atoms with van der Waals surface area (Å²) in [6, 6.07) is 4.88. The van der Waals surface area contributed by atoms with Gasteiger partial charge < -0.3 is 19.7 Å². The Morgan fingerprint density at radius 2 is 1.73 bits per heavy atom. The van der Waals surface area contributed by atoms with Gasteiger partial charge in [0.1, 0.15) is 11.5 Å². The Labute approximate surface area is 131 Å². The molecule has 0 aliphatic heterocycles. The van der Waals surface area contributed by atoms with Crippen LogP contribution in [0.15, 0.2) is 18.2 Å². The molecule has 0 fully saturated rings. The summed E-state index contributed by atoms with van der Waals surface area (Å²) < 4.78 is 10.2. The van der Waals surface area contributed by atoms with Crippen molar-refractivity contribution in [1.29, 1.82) is 0 Å². The van der Waals surface area contributed by atoms with E-state index >= 15 is 0 Å². The highest BCUT2D eigenvalue weighted by atomic mass is 16.5. The molecule has 0 saturated heterocycles. The van der Waals surface area contributed by atoms with Gasteiger partial charge in [-0.1, -0.05) is 13.3 Å². The first-order valence-corrected chi connectivity index (χ1v) is 7.27. The van der Waals surface area contributed by atoms with Crippen LogP contribution in [-0.2, 0) is 4.79 Å². The van der Waals surface area contributed by atoms with E-state index in [1.54, 1.807) is 30.1 Å². The molecule has 0 atom stereocenters. The number of rotatable bonds is 8. The fourth-order valence-electron chi connectivity index (χ4n) is 1.85. The number of unbranched alkanes of at least 4 members (excludes halogenated alkanes) is 1. The van der Waals surface area contributed by atoms with Crippen molar-refractivity contribution >= 4 is 11.8 Å². The van der Waals surface area contributed by atoms with Gasteiger partial charge in [-0.15, -0.1) is 0 Å². The van der Waals surface area contributed by atoms with Crippen molar-refractivity contribution in [2.24, 2.45) is 0 Å². The van der Waals surface area contributed by atoms with Crippen molar-refractivity contribution in [1.82, 2.24) is 10.2 Å². The molecule has 6 nitrogen and oxygen atoms in total. The number of hydrogen-bond acceptors (Lipinski definition) is 4. The highest BCUT2D eigenvalue weighted by Gasteiger charge is 2.13. The van der Waals surface area contributed by atoms with E-state index in [0.717, 1.165) is 12.8 Å². The maximum absolute atomic E-state index is 12.1. The number of methoxy groups -OCH3 is 2. The van der Waals surface area contributed by atoms with E-state index in [1.165, 1.54) is 14.2 Å². The van der Waals surface area contributed by atoms with E-state index < -0.39 is 0 Å². The van der Waals surface area contributed by atoms with Gasteiger partial charge in [0.05, 0.1) is 20.8 Å². The second-order valence-electron chi connectivity index (χ2n) is 4.95. The molecule has 0 saturated carbocycles. The number of ether oxygens (including phenoxy) is 2. The minimum atomic E-state index is -0.338. The second-order valence-corrected chi connectivity index (χ2v) is 4.95. The first-order chi connectivity index (χ1) is 10.5. The molecule has 6 heteroatoms. The van der Waals surface area contributed by atoms with Crippen LogP contribution in [0.2, 0.25) is 0 Å². The van der Waals surface area contributed by atoms with Crippen LogP contribution in [0.3, 0.4) is 0 Å². The van der Waals surface area contributed by atoms with Gasteiger partial charge >= 0.3 is 0 Å². The van der Waals surface area contributed by atoms with Crippen molar-refractivity contribution in [3.63, 3.8) is 0 Å². The zero-order chi connectivity index (χ0) is 16.5. The molecule has 0 aromatic heterocycles. The largest absolute Gasteiger partial charge is 0.497 e. The molecular formula is C16H24N2O4. The standard InChI is InChI=1S/C16H24N2O4/c1-5-6-7-18(2)15(19)11-17-16(20)12-8-13(21-3)10-14(9-12)22-4/h8-10H,5-7,11H2,1-4H3,(H,17,20). The van der Waals surface area contributed by atoms with Crippen molar-refractivity contribution in [3.05, 3.63) is 23.8 Å². The highest BCUT2D eigenvalue weighted by Crippen LogP contribution is 2.22. The van der Waals surface area contributed by atoms with E-state index in [0.29, 0.717) is 23.6 Å². The number of likely N-dealkylation sites (N-methyl/N-ethyl adjacent to an activating group) is 1. The van der Waals surface area contributed by atoms with E-state index in [4.69, 9.17) is 9.47 Å². The molecule has 0 spiro atoms. The Kier molecular flexibility index (Phi) is 7.22. The van der Waals surface area contributed by atoms with Crippen LogP contribution in [0.25, 0.3) is 0 Å². The summed E-state index contributed by atoms with van der Waals surface area (Å²) in [5.74, 6) is 0.595. The minimum Gasteiger partial charge on any atom is -0.497 e. The molecule has 1 aromatic carbocycles. The SMILES string of the molecule is CCCCN(C)C(=O)CNC(=O)c1cc(OC)cc(OC)c1. The van der Waals surface area contributed by atoms with Crippen molar-refractivity contribution < 1.29 is 19.1 Å². The van der Waals surface area contributed by atoms with Crippen LogP contribution in [0.1, 0.15) is 30.1 Å². The predicted molar refractivity (Wildman–Crippen MR) is 84.4 cm³/mol. The fraction of sp³-hybridized carbons (Fsp3) is 0.500. The van der Waals surface area contributed by atoms with Crippen LogP contribution < -0.4 is 14.8 Å². The third-order valence-electron chi connectivity index (χ3n) is 3.29. The predicted octanol–water partition coefficient (Wildman–Crippen LogP) is 1.69. The maximum Gasteiger partial charge on any atom is 0.251 e. The average Bonchev–Trinajstić information content (AvgIpc) is 2.56. The number of nitrogens with zero attached hydrogens (tertiary/aromatic N) is 1. The van der Waals surface area contributed by atoms with E-state index in [-0.39, 0.29) is 18.4 Å². The first kappa shape index (κ1) is 17.8. The Hall–Kier alpha value is -2.24. The summed E-state index contributed by atoms with van der Waals surface area (Å²) in [5, 5.41) is 2.62. The van der Waals surface area contributed by atoms with Gasteiger partial charge in [0, 0.05) is 25.2 Å². The third kappa shape index (κ3) is 5.27. The minimum absolute atomic E-state index is 0.0292. The molecule has 1 aromatic rings. The molecule has 22 heavy (non-hydrogen) atoms. The van der Waals surface area contributed by atoms with Gasteiger partial charge in [0.2, 0.25) is 5.91 Å². The van der Waals surface area contributed by atoms with Gasteiger partial charge in [0.15, 0.2) is 0 Å². The van der Waals surface area contributed by atoms with E-state index in [2.05, 4.69) is 12.2 Å². The molecule has 2 amide bonds. The van der Waals surface area contributed by atoms with Gasteiger partial charge in [-0.3, -0.25) is 9.59 Å². The monoisotopic (exact) mass is 308 g/mol. The lowest BCUT2D eigenvalue weighted by Gasteiger charge is -2.17. The molecule has 0 aliphatic carbocycles. The lowest BCUT2D eigenvalue weighted by molar-refractivity contribution is -0.128. The van der Waals surface area contributed by atoms with Gasteiger partial charge in [0.25, 0.3) is 5.91 Å². The van der Waals surface area contributed by atoms with Gasteiger partial charge in [-0.05, 0) is 18.6 Å². The summed E-state index contributed by atoms with van der Waals surface area (Å²) in [6.45, 7) is 2.73. The zero-order valence-electron chi connectivity index (χ0n) is 13.6. The quantitative estimate of drug-likeness (QED) is 0.793. The van der Waals surface area contributed by atoms with Gasteiger partial charge in [-0.25, -0.2) is 0 Å². The smallest absolute Gasteiger partial charge is 0.251 e. The molecule has 122 valence electrons. The van der Waals surface area contributed by atoms with E-state index in [1.807, 2.05) is 0 Å². The lowest BCUT2D eigenvalue weighted by atomic mass is 10.2. The maximum atomic E-state index is 12.1. The normalized spacial score (nSPS) is 10.0. The number of carbonyl (C=O) groups excluding carboxylic acids is 2. The third-order valence-corrected chi connectivity index (χ3v) is 3.29. The van der Waals surface area contributed by atoms with Crippen molar-refractivity contribution in [2.45, 2.75) is 19.8 Å². The zero-order valence-corrected chi connectivity index (χ0v) is 13.6. The highest BCUT2D eigenvalue weighted by molar-refractivity contribution is 5.97. The molecule has 1 N–H and O–H groups in total. The lowest BCUT2D eigenvalue weighted by Crippen LogP contribution is -2.38. The molecule has 0 bridgehead atoms. The fourth-order valence-corrected chi connectivity index (χ4v) is 1.85. The molecule has 0 unspecified atom stereocenters. The number of benzene rings is 1. The molecular weight excluding hydrogens is 284 g/mol. The average molecular weight is 308 g/mol. The summed E-state index contributed by atoms with van der Waals surface area (Å²) in [4.78, 5) is 25.6. The van der Waals surface area contributed by atoms with Crippen LogP contribution in [0.5, 0.6) is 11.5 Å². The summed E-state index contributed by atoms with van der Waals surface area (Å²) in [6.07, 6.45) is 1.97. The van der Waals surface area contributed by atoms with Crippen LogP contribution in [-0.4, -0.2) is 51.1 Å². The Morgan fingerprint density at radius 3 is 2.23 bits per heavy atom. The summed E-state index contributed by atoms with van der Waals surface area (Å²) in [5.41, 5.74) is 0.389. The van der Waals surface area contributed by atoms with Crippen LogP contribution in [0.4, 0.5) is 0 Å². The number of nitrogens with one attached hydrogen (secondary N) is 1. The van der Waals surface area contributed by atoms with Crippen molar-refractivity contribution in [3.8, 4) is 11.5 Å². The Balaban J connectivity index is 2.63. The number of hydrogen-bond donors (Lipinski definition) is 1. The molecule has 0 radical (unpaired) electrons. The molecule has 1 rings (SSSR count). The topological polar surface area (TPSA) is 67.9 Å². The molecule has 0 heterocycles. The van der Waals surface area contributed by atoms with Crippen molar-refractivity contribution in [2.75, 3.05) is 34.4 Å². The first-order valence-electron chi connectivity index (χ1n) is 7.27. The second kappa shape index (κ2) is 8.92. The summed E-state index contributed by atoms with van der Waals surface area (Å²) >= 11 is 0. The van der Waals surface area contributed by atoms with Crippen LogP contribution >= 0.6 is 0 Å². The number of carbonyl (C=O) groups is 2. The Bertz CT molecular complexity index is 495. The van der Waals surface area contributed by atoms with Gasteiger partial charge in [-0.2, -0.15) is 0 Å². The van der Waals surface area contributed by atoms with Crippen LogP contribution in [0, 0.1) is 0 Å². The molecule has 0 aliphatic rings. The Morgan fingerprint density at radius 1 is 1.14 bits per heavy atom. The number of amides is 2. The summed E-state index contributed by atoms with van der Waals surface area (Å²) in [7, 11) is 4.77. The van der Waals surface area contributed by atoms with E-state index in [9.17, 15) is 9.59 Å².